The highest BCUT2D eigenvalue weighted by atomic mass is 31.1. The van der Waals surface area contributed by atoms with Gasteiger partial charge in [0, 0.05) is 6.54 Å². The van der Waals surface area contributed by atoms with Crippen molar-refractivity contribution in [3.63, 3.8) is 0 Å². The van der Waals surface area contributed by atoms with E-state index in [2.05, 4.69) is 12.2 Å². The molecule has 0 saturated heterocycles. The highest BCUT2D eigenvalue weighted by molar-refractivity contribution is 7.32. The Balaban J connectivity index is 3.62. The predicted octanol–water partition coefficient (Wildman–Crippen LogP) is 3.60. The molecule has 5 heteroatoms. The third-order valence-corrected chi connectivity index (χ3v) is 4.29. The van der Waals surface area contributed by atoms with Gasteiger partial charge in [-0.15, -0.1) is 0 Å². The van der Waals surface area contributed by atoms with Gasteiger partial charge in [0.15, 0.2) is 5.34 Å². The molecule has 0 radical (unpaired) electrons. The number of nitrogens with one attached hydrogen (secondary N) is 1. The predicted molar refractivity (Wildman–Crippen MR) is 74.4 cm³/mol. The Labute approximate surface area is 111 Å². The first kappa shape index (κ1) is 17.8. The monoisotopic (exact) mass is 277 g/mol. The minimum absolute atomic E-state index is 0.113. The lowest BCUT2D eigenvalue weighted by atomic mass is 10.1. The summed E-state index contributed by atoms with van der Waals surface area (Å²) in [5, 5.41) is 11.1. The van der Waals surface area contributed by atoms with Crippen molar-refractivity contribution >= 4 is 7.68 Å². The Morgan fingerprint density at radius 1 is 1.00 bits per heavy atom. The van der Waals surface area contributed by atoms with Crippen LogP contribution in [0.5, 0.6) is 0 Å². The molecule has 0 bridgehead atoms. The van der Waals surface area contributed by atoms with Gasteiger partial charge in [-0.05, 0) is 19.9 Å². The van der Waals surface area contributed by atoms with Gasteiger partial charge in [0.1, 0.15) is 0 Å². The zero-order valence-electron chi connectivity index (χ0n) is 11.8. The van der Waals surface area contributed by atoms with Crippen LogP contribution in [0.2, 0.25) is 0 Å². The maximum atomic E-state index is 11.0. The van der Waals surface area contributed by atoms with E-state index >= 15 is 0 Å². The van der Waals surface area contributed by atoms with Gasteiger partial charge in [-0.25, -0.2) is 9.13 Å². The molecule has 0 amide bonds. The summed E-state index contributed by atoms with van der Waals surface area (Å²) in [7, 11) is -1.14. The maximum Gasteiger partial charge on any atom is 0.349 e. The van der Waals surface area contributed by atoms with Gasteiger partial charge in [0.25, 0.3) is 0 Å². The van der Waals surface area contributed by atoms with Crippen molar-refractivity contribution < 1.29 is 14.2 Å². The second kappa shape index (κ2) is 10.7. The smallest absolute Gasteiger partial charge is 0.349 e. The van der Waals surface area contributed by atoms with Gasteiger partial charge < -0.3 is 10.4 Å². The molecular formula is C13H28NO3P. The molecule has 0 aliphatic heterocycles. The Morgan fingerprint density at radius 2 is 1.50 bits per heavy atom. The summed E-state index contributed by atoms with van der Waals surface area (Å²) in [6.07, 6.45) is 9.59. The lowest BCUT2D eigenvalue weighted by Crippen LogP contribution is -2.34. The fraction of sp³-hybridized carbons (Fsp3) is 1.00. The van der Waals surface area contributed by atoms with Crippen molar-refractivity contribution in [3.8, 4) is 0 Å². The molecule has 0 aliphatic rings. The number of hydrogen-bond acceptors (Lipinski definition) is 4. The van der Waals surface area contributed by atoms with E-state index in [0.717, 1.165) is 19.3 Å². The summed E-state index contributed by atoms with van der Waals surface area (Å²) in [5.74, 6) is 0. The van der Waals surface area contributed by atoms with Crippen LogP contribution >= 0.6 is 7.68 Å². The molecule has 0 aromatic heterocycles. The van der Waals surface area contributed by atoms with Crippen LogP contribution < -0.4 is 5.32 Å². The van der Waals surface area contributed by atoms with Crippen molar-refractivity contribution in [3.05, 3.63) is 0 Å². The summed E-state index contributed by atoms with van der Waals surface area (Å²) in [5.41, 5.74) is 0. The van der Waals surface area contributed by atoms with E-state index in [1.54, 1.807) is 7.05 Å². The average molecular weight is 277 g/mol. The fourth-order valence-corrected chi connectivity index (χ4v) is 2.70. The van der Waals surface area contributed by atoms with E-state index in [4.69, 9.17) is 0 Å². The molecule has 0 rings (SSSR count). The molecule has 0 saturated carbocycles. The average Bonchev–Trinajstić information content (AvgIpc) is 2.33. The number of rotatable bonds is 12. The molecule has 2 N–H and O–H groups in total. The fourth-order valence-electron chi connectivity index (χ4n) is 2.07. The summed E-state index contributed by atoms with van der Waals surface area (Å²) in [6, 6.07) is 0. The van der Waals surface area contributed by atoms with Crippen LogP contribution in [0.25, 0.3) is 0 Å². The second-order valence-electron chi connectivity index (χ2n) is 4.99. The molecule has 108 valence electrons. The molecule has 0 aromatic carbocycles. The second-order valence-corrected chi connectivity index (χ2v) is 6.34. The Bertz CT molecular complexity index is 261. The molecule has 4 nitrogen and oxygen atoms in total. The number of unbranched alkanes of at least 4 members (excludes halogenated alkanes) is 7. The molecular weight excluding hydrogens is 249 g/mol. The third kappa shape index (κ3) is 8.02. The topological polar surface area (TPSA) is 66.4 Å². The Morgan fingerprint density at radius 3 is 1.94 bits per heavy atom. The summed E-state index contributed by atoms with van der Waals surface area (Å²) in [6.45, 7) is 2.31. The van der Waals surface area contributed by atoms with Gasteiger partial charge in [-0.1, -0.05) is 51.9 Å². The van der Waals surface area contributed by atoms with E-state index in [1.165, 1.54) is 32.1 Å². The number of hydrogen-bond donors (Lipinski definition) is 2. The van der Waals surface area contributed by atoms with E-state index < -0.39 is 13.0 Å². The Hall–Kier alpha value is -0.180. The first-order valence-electron chi connectivity index (χ1n) is 7.08. The zero-order chi connectivity index (χ0) is 13.9. The summed E-state index contributed by atoms with van der Waals surface area (Å²) < 4.78 is 22.0. The lowest BCUT2D eigenvalue weighted by Gasteiger charge is -2.19. The largest absolute Gasteiger partial charge is 0.374 e. The third-order valence-electron chi connectivity index (χ3n) is 3.23. The minimum Gasteiger partial charge on any atom is -0.374 e. The zero-order valence-corrected chi connectivity index (χ0v) is 12.7. The van der Waals surface area contributed by atoms with Crippen molar-refractivity contribution in [1.29, 1.82) is 0 Å². The molecule has 0 aliphatic carbocycles. The molecule has 18 heavy (non-hydrogen) atoms. The summed E-state index contributed by atoms with van der Waals surface area (Å²) in [4.78, 5) is 0. The molecule has 0 heterocycles. The van der Waals surface area contributed by atoms with Crippen LogP contribution in [0, 0.1) is 0 Å². The summed E-state index contributed by atoms with van der Waals surface area (Å²) >= 11 is 0. The van der Waals surface area contributed by atoms with Crippen LogP contribution in [-0.2, 0) is 9.13 Å². The lowest BCUT2D eigenvalue weighted by molar-refractivity contribution is 0.110. The van der Waals surface area contributed by atoms with Crippen molar-refractivity contribution in [2.24, 2.45) is 0 Å². The van der Waals surface area contributed by atoms with E-state index in [1.807, 2.05) is 0 Å². The first-order valence-corrected chi connectivity index (χ1v) is 8.26. The molecule has 0 aromatic rings. The maximum absolute atomic E-state index is 11.0. The Kier molecular flexibility index (Phi) is 10.6. The van der Waals surface area contributed by atoms with E-state index in [0.29, 0.717) is 6.42 Å². The van der Waals surface area contributed by atoms with Crippen molar-refractivity contribution in [2.45, 2.75) is 70.1 Å². The van der Waals surface area contributed by atoms with Crippen LogP contribution in [0.15, 0.2) is 0 Å². The van der Waals surface area contributed by atoms with Gasteiger partial charge >= 0.3 is 7.68 Å². The van der Waals surface area contributed by atoms with Crippen molar-refractivity contribution in [1.82, 2.24) is 5.32 Å². The molecule has 0 fully saturated rings. The van der Waals surface area contributed by atoms with Gasteiger partial charge in [0.2, 0.25) is 0 Å². The number of aliphatic hydroxyl groups is 1. The van der Waals surface area contributed by atoms with Gasteiger partial charge in [-0.3, -0.25) is 0 Å². The quantitative estimate of drug-likeness (QED) is 0.422. The van der Waals surface area contributed by atoms with Crippen LogP contribution in [-0.4, -0.2) is 24.0 Å². The SMILES string of the molecule is CCCCCCCCCCC(O)(CNC)P(=O)=O. The standard InChI is InChI=1S/C13H28NO3P/c1-3-4-5-6-7-8-9-10-11-13(15,12-14-2)18(16)17/h14-15H,3-12H2,1-2H3. The molecule has 0 spiro atoms. The van der Waals surface area contributed by atoms with Gasteiger partial charge in [0.05, 0.1) is 0 Å². The minimum atomic E-state index is -2.79. The van der Waals surface area contributed by atoms with Crippen LogP contribution in [0.3, 0.4) is 0 Å². The van der Waals surface area contributed by atoms with Crippen LogP contribution in [0.1, 0.15) is 64.7 Å². The number of likely N-dealkylation sites (N-methyl/N-ethyl adjacent to an activating group) is 1. The van der Waals surface area contributed by atoms with Crippen molar-refractivity contribution in [2.75, 3.05) is 13.6 Å². The first-order chi connectivity index (χ1) is 8.56. The van der Waals surface area contributed by atoms with Crippen LogP contribution in [0.4, 0.5) is 0 Å². The van der Waals surface area contributed by atoms with Gasteiger partial charge in [-0.2, -0.15) is 0 Å². The van der Waals surface area contributed by atoms with E-state index in [-0.39, 0.29) is 6.54 Å². The molecule has 1 atom stereocenters. The highest BCUT2D eigenvalue weighted by Gasteiger charge is 2.32. The molecule has 1 unspecified atom stereocenters. The normalized spacial score (nSPS) is 14.4. The van der Waals surface area contributed by atoms with E-state index in [9.17, 15) is 14.2 Å². The highest BCUT2D eigenvalue weighted by Crippen LogP contribution is 2.31.